The molecule has 0 fully saturated rings. The van der Waals surface area contributed by atoms with Gasteiger partial charge in [0.2, 0.25) is 0 Å². The zero-order chi connectivity index (χ0) is 10.8. The Bertz CT molecular complexity index is 139. The maximum atomic E-state index is 8.87. The van der Waals surface area contributed by atoms with Crippen LogP contribution in [0.5, 0.6) is 0 Å². The molecule has 1 atom stereocenters. The average molecular weight is 199 g/mol. The Hall–Kier alpha value is -0.340. The molecular formula is C12H25NO. The van der Waals surface area contributed by atoms with Gasteiger partial charge in [0.15, 0.2) is 0 Å². The van der Waals surface area contributed by atoms with Gasteiger partial charge in [0, 0.05) is 6.61 Å². The number of aliphatic hydroxyl groups excluding tert-OH is 1. The summed E-state index contributed by atoms with van der Waals surface area (Å²) < 4.78 is 0. The van der Waals surface area contributed by atoms with Gasteiger partial charge in [-0.05, 0) is 45.2 Å². The van der Waals surface area contributed by atoms with Crippen molar-refractivity contribution in [1.82, 2.24) is 5.32 Å². The van der Waals surface area contributed by atoms with E-state index in [0.717, 1.165) is 25.9 Å². The van der Waals surface area contributed by atoms with Gasteiger partial charge in [-0.1, -0.05) is 18.9 Å². The van der Waals surface area contributed by atoms with Crippen LogP contribution in [0, 0.1) is 5.92 Å². The fraction of sp³-hybridized carbons (Fsp3) is 0.833. The van der Waals surface area contributed by atoms with Crippen LogP contribution in [0.4, 0.5) is 0 Å². The lowest BCUT2D eigenvalue weighted by molar-refractivity contribution is 0.248. The summed E-state index contributed by atoms with van der Waals surface area (Å²) in [5.41, 5.74) is 1.23. The summed E-state index contributed by atoms with van der Waals surface area (Å²) in [5, 5.41) is 12.3. The minimum atomic E-state index is 0.312. The Kier molecular flexibility index (Phi) is 9.00. The molecule has 84 valence electrons. The molecule has 0 aromatic rings. The topological polar surface area (TPSA) is 32.3 Å². The third-order valence-corrected chi connectivity index (χ3v) is 2.40. The molecule has 2 heteroatoms. The molecule has 0 saturated carbocycles. The zero-order valence-electron chi connectivity index (χ0n) is 9.68. The lowest BCUT2D eigenvalue weighted by Gasteiger charge is -2.15. The molecular weight excluding hydrogens is 174 g/mol. The number of rotatable bonds is 9. The minimum Gasteiger partial charge on any atom is -0.396 e. The molecule has 0 heterocycles. The zero-order valence-corrected chi connectivity index (χ0v) is 9.68. The van der Waals surface area contributed by atoms with E-state index in [1.165, 1.54) is 18.4 Å². The summed E-state index contributed by atoms with van der Waals surface area (Å²) >= 11 is 0. The molecule has 0 bridgehead atoms. The summed E-state index contributed by atoms with van der Waals surface area (Å²) in [4.78, 5) is 0. The molecule has 2 nitrogen and oxygen atoms in total. The Morgan fingerprint density at radius 2 is 2.14 bits per heavy atom. The smallest absolute Gasteiger partial charge is 0.0434 e. The predicted octanol–water partition coefficient (Wildman–Crippen LogP) is 2.34. The Labute approximate surface area is 88.4 Å². The van der Waals surface area contributed by atoms with Gasteiger partial charge in [-0.2, -0.15) is 0 Å². The highest BCUT2D eigenvalue weighted by atomic mass is 16.3. The Balaban J connectivity index is 3.44. The second-order valence-electron chi connectivity index (χ2n) is 4.08. The van der Waals surface area contributed by atoms with Crippen LogP contribution in [-0.2, 0) is 0 Å². The van der Waals surface area contributed by atoms with Gasteiger partial charge in [0.05, 0.1) is 0 Å². The largest absolute Gasteiger partial charge is 0.396 e. The first-order chi connectivity index (χ1) is 6.70. The maximum Gasteiger partial charge on any atom is 0.0434 e. The molecule has 1 unspecified atom stereocenters. The lowest BCUT2D eigenvalue weighted by Crippen LogP contribution is -2.24. The molecule has 0 aliphatic carbocycles. The van der Waals surface area contributed by atoms with E-state index < -0.39 is 0 Å². The average Bonchev–Trinajstić information content (AvgIpc) is 2.12. The summed E-state index contributed by atoms with van der Waals surface area (Å²) in [6.45, 7) is 10.5. The van der Waals surface area contributed by atoms with Crippen molar-refractivity contribution in [3.8, 4) is 0 Å². The molecule has 0 aromatic carbocycles. The summed E-state index contributed by atoms with van der Waals surface area (Å²) in [6, 6.07) is 0. The van der Waals surface area contributed by atoms with E-state index in [1.807, 2.05) is 0 Å². The van der Waals surface area contributed by atoms with Gasteiger partial charge in [0.1, 0.15) is 0 Å². The molecule has 0 spiro atoms. The van der Waals surface area contributed by atoms with Crippen LogP contribution in [0.25, 0.3) is 0 Å². The van der Waals surface area contributed by atoms with Crippen LogP contribution in [-0.4, -0.2) is 24.8 Å². The standard InChI is InChI=1S/C12H25NO/c1-4-5-12(7-9-14)10-13-8-6-11(2)3/h12-14H,2,4-10H2,1,3H3. The van der Waals surface area contributed by atoms with Crippen LogP contribution in [0.2, 0.25) is 0 Å². The van der Waals surface area contributed by atoms with Crippen LogP contribution >= 0.6 is 0 Å². The summed E-state index contributed by atoms with van der Waals surface area (Å²) in [7, 11) is 0. The second-order valence-corrected chi connectivity index (χ2v) is 4.08. The van der Waals surface area contributed by atoms with E-state index in [0.29, 0.717) is 12.5 Å². The van der Waals surface area contributed by atoms with Gasteiger partial charge in [0.25, 0.3) is 0 Å². The van der Waals surface area contributed by atoms with Crippen molar-refractivity contribution in [2.45, 2.75) is 39.5 Å². The second kappa shape index (κ2) is 9.22. The van der Waals surface area contributed by atoms with E-state index in [9.17, 15) is 0 Å². The van der Waals surface area contributed by atoms with E-state index in [2.05, 4.69) is 25.7 Å². The first-order valence-electron chi connectivity index (χ1n) is 5.66. The molecule has 0 saturated heterocycles. The number of hydrogen-bond acceptors (Lipinski definition) is 2. The molecule has 0 aliphatic rings. The maximum absolute atomic E-state index is 8.87. The van der Waals surface area contributed by atoms with Gasteiger partial charge >= 0.3 is 0 Å². The number of nitrogens with one attached hydrogen (secondary N) is 1. The first-order valence-corrected chi connectivity index (χ1v) is 5.66. The molecule has 0 aliphatic heterocycles. The predicted molar refractivity (Wildman–Crippen MR) is 62.4 cm³/mol. The third kappa shape index (κ3) is 8.27. The highest BCUT2D eigenvalue weighted by Crippen LogP contribution is 2.09. The molecule has 0 rings (SSSR count). The summed E-state index contributed by atoms with van der Waals surface area (Å²) in [5.74, 6) is 0.634. The van der Waals surface area contributed by atoms with Crippen LogP contribution in [0.15, 0.2) is 12.2 Å². The van der Waals surface area contributed by atoms with Crippen molar-refractivity contribution >= 4 is 0 Å². The summed E-state index contributed by atoms with van der Waals surface area (Å²) in [6.07, 6.45) is 4.39. The fourth-order valence-electron chi connectivity index (χ4n) is 1.55. The van der Waals surface area contributed by atoms with Gasteiger partial charge in [-0.15, -0.1) is 6.58 Å². The quantitative estimate of drug-likeness (QED) is 0.441. The molecule has 2 N–H and O–H groups in total. The SMILES string of the molecule is C=C(C)CCNCC(CCC)CCO. The van der Waals surface area contributed by atoms with E-state index in [-0.39, 0.29) is 0 Å². The van der Waals surface area contributed by atoms with Gasteiger partial charge in [-0.3, -0.25) is 0 Å². The van der Waals surface area contributed by atoms with Crippen molar-refractivity contribution in [3.63, 3.8) is 0 Å². The highest BCUT2D eigenvalue weighted by molar-refractivity contribution is 4.88. The molecule has 0 amide bonds. The van der Waals surface area contributed by atoms with Gasteiger partial charge in [-0.25, -0.2) is 0 Å². The van der Waals surface area contributed by atoms with Crippen molar-refractivity contribution in [1.29, 1.82) is 0 Å². The molecule has 0 radical (unpaired) electrons. The fourth-order valence-corrected chi connectivity index (χ4v) is 1.55. The highest BCUT2D eigenvalue weighted by Gasteiger charge is 2.05. The van der Waals surface area contributed by atoms with E-state index in [1.54, 1.807) is 0 Å². The van der Waals surface area contributed by atoms with Crippen LogP contribution in [0.1, 0.15) is 39.5 Å². The van der Waals surface area contributed by atoms with Crippen LogP contribution in [0.3, 0.4) is 0 Å². The van der Waals surface area contributed by atoms with E-state index >= 15 is 0 Å². The Morgan fingerprint density at radius 1 is 1.43 bits per heavy atom. The van der Waals surface area contributed by atoms with Crippen molar-refractivity contribution in [3.05, 3.63) is 12.2 Å². The number of aliphatic hydroxyl groups is 1. The van der Waals surface area contributed by atoms with Gasteiger partial charge < -0.3 is 10.4 Å². The van der Waals surface area contributed by atoms with Crippen molar-refractivity contribution < 1.29 is 5.11 Å². The molecule has 14 heavy (non-hydrogen) atoms. The third-order valence-electron chi connectivity index (χ3n) is 2.40. The normalized spacial score (nSPS) is 12.8. The Morgan fingerprint density at radius 3 is 2.64 bits per heavy atom. The number of hydrogen-bond donors (Lipinski definition) is 2. The first kappa shape index (κ1) is 13.7. The van der Waals surface area contributed by atoms with Crippen molar-refractivity contribution in [2.75, 3.05) is 19.7 Å². The van der Waals surface area contributed by atoms with Crippen LogP contribution < -0.4 is 5.32 Å². The van der Waals surface area contributed by atoms with Crippen molar-refractivity contribution in [2.24, 2.45) is 5.92 Å². The lowest BCUT2D eigenvalue weighted by atomic mass is 10.0. The minimum absolute atomic E-state index is 0.312. The van der Waals surface area contributed by atoms with E-state index in [4.69, 9.17) is 5.11 Å². The molecule has 0 aromatic heterocycles. The monoisotopic (exact) mass is 199 g/mol.